The summed E-state index contributed by atoms with van der Waals surface area (Å²) in [5.74, 6) is 0. The molecule has 2 nitrogen and oxygen atoms in total. The summed E-state index contributed by atoms with van der Waals surface area (Å²) < 4.78 is 0. The quantitative estimate of drug-likeness (QED) is 0.565. The van der Waals surface area contributed by atoms with Crippen LogP contribution in [-0.2, 0) is 0 Å². The number of unbranched alkanes of at least 4 members (excludes halogenated alkanes) is 2. The highest BCUT2D eigenvalue weighted by Gasteiger charge is 2.15. The van der Waals surface area contributed by atoms with E-state index in [4.69, 9.17) is 5.73 Å². The van der Waals surface area contributed by atoms with Gasteiger partial charge in [-0.05, 0) is 57.7 Å². The van der Waals surface area contributed by atoms with Crippen molar-refractivity contribution in [2.45, 2.75) is 79.2 Å². The average molecular weight is 256 g/mol. The normalized spacial score (nSPS) is 14.2. The molecule has 0 bridgehead atoms. The van der Waals surface area contributed by atoms with Gasteiger partial charge in [-0.3, -0.25) is 0 Å². The second kappa shape index (κ2) is 9.80. The molecule has 1 atom stereocenters. The molecule has 2 heteroatoms. The van der Waals surface area contributed by atoms with Gasteiger partial charge in [0.15, 0.2) is 0 Å². The smallest absolute Gasteiger partial charge is 0.00643 e. The Labute approximate surface area is 115 Å². The lowest BCUT2D eigenvalue weighted by atomic mass is 9.87. The maximum absolute atomic E-state index is 5.77. The third-order valence-electron chi connectivity index (χ3n) is 4.11. The van der Waals surface area contributed by atoms with Gasteiger partial charge >= 0.3 is 0 Å². The minimum absolute atomic E-state index is 0.324. The van der Waals surface area contributed by atoms with Crippen LogP contribution in [0.3, 0.4) is 0 Å². The van der Waals surface area contributed by atoms with Crippen LogP contribution in [-0.4, -0.2) is 30.6 Å². The van der Waals surface area contributed by atoms with Gasteiger partial charge in [-0.15, -0.1) is 0 Å². The second-order valence-corrected chi connectivity index (χ2v) is 6.47. The van der Waals surface area contributed by atoms with Crippen LogP contribution in [0.4, 0.5) is 0 Å². The van der Waals surface area contributed by atoms with Gasteiger partial charge in [-0.25, -0.2) is 0 Å². The predicted molar refractivity (Wildman–Crippen MR) is 82.9 cm³/mol. The van der Waals surface area contributed by atoms with Crippen molar-refractivity contribution in [1.82, 2.24) is 4.90 Å². The molecular formula is C16H36N2. The van der Waals surface area contributed by atoms with Crippen LogP contribution in [0.25, 0.3) is 0 Å². The van der Waals surface area contributed by atoms with Crippen molar-refractivity contribution >= 4 is 0 Å². The van der Waals surface area contributed by atoms with E-state index in [0.717, 1.165) is 12.6 Å². The first-order chi connectivity index (χ1) is 8.46. The minimum atomic E-state index is 0.324. The maximum atomic E-state index is 5.77. The highest BCUT2D eigenvalue weighted by atomic mass is 15.1. The fourth-order valence-corrected chi connectivity index (χ4v) is 2.19. The van der Waals surface area contributed by atoms with Crippen molar-refractivity contribution in [2.24, 2.45) is 11.1 Å². The van der Waals surface area contributed by atoms with Crippen molar-refractivity contribution in [1.29, 1.82) is 0 Å². The molecule has 2 N–H and O–H groups in total. The van der Waals surface area contributed by atoms with E-state index in [9.17, 15) is 0 Å². The molecule has 1 unspecified atom stereocenters. The zero-order valence-electron chi connectivity index (χ0n) is 13.5. The van der Waals surface area contributed by atoms with E-state index in [1.54, 1.807) is 0 Å². The van der Waals surface area contributed by atoms with Crippen molar-refractivity contribution in [2.75, 3.05) is 19.6 Å². The third kappa shape index (κ3) is 8.10. The summed E-state index contributed by atoms with van der Waals surface area (Å²) in [6.07, 6.45) is 7.77. The van der Waals surface area contributed by atoms with Crippen molar-refractivity contribution in [3.8, 4) is 0 Å². The Bertz CT molecular complexity index is 190. The van der Waals surface area contributed by atoms with Crippen LogP contribution >= 0.6 is 0 Å². The summed E-state index contributed by atoms with van der Waals surface area (Å²) >= 11 is 0. The lowest BCUT2D eigenvalue weighted by Gasteiger charge is -2.29. The van der Waals surface area contributed by atoms with Gasteiger partial charge in [0.25, 0.3) is 0 Å². The first kappa shape index (κ1) is 17.9. The first-order valence-electron chi connectivity index (χ1n) is 7.91. The average Bonchev–Trinajstić information content (AvgIpc) is 2.37. The Morgan fingerprint density at radius 2 is 1.67 bits per heavy atom. The molecule has 110 valence electrons. The Hall–Kier alpha value is -0.0800. The molecule has 0 aliphatic heterocycles. The summed E-state index contributed by atoms with van der Waals surface area (Å²) in [5, 5.41) is 0. The van der Waals surface area contributed by atoms with Crippen LogP contribution in [0.5, 0.6) is 0 Å². The number of rotatable bonds is 11. The molecule has 0 saturated carbocycles. The van der Waals surface area contributed by atoms with Gasteiger partial charge in [-0.1, -0.05) is 40.5 Å². The lowest BCUT2D eigenvalue weighted by Crippen LogP contribution is -2.34. The highest BCUT2D eigenvalue weighted by molar-refractivity contribution is 4.71. The fourth-order valence-electron chi connectivity index (χ4n) is 2.19. The van der Waals surface area contributed by atoms with Crippen LogP contribution in [0.1, 0.15) is 73.1 Å². The molecule has 0 radical (unpaired) electrons. The maximum Gasteiger partial charge on any atom is 0.00643 e. The Balaban J connectivity index is 3.89. The van der Waals surface area contributed by atoms with E-state index < -0.39 is 0 Å². The number of hydrogen-bond donors (Lipinski definition) is 1. The van der Waals surface area contributed by atoms with Crippen molar-refractivity contribution in [3.05, 3.63) is 0 Å². The molecule has 0 aliphatic carbocycles. The summed E-state index contributed by atoms with van der Waals surface area (Å²) in [6, 6.07) is 0.735. The topological polar surface area (TPSA) is 29.3 Å². The van der Waals surface area contributed by atoms with Gasteiger partial charge in [0.05, 0.1) is 0 Å². The molecule has 0 aromatic heterocycles. The zero-order chi connectivity index (χ0) is 14.0. The second-order valence-electron chi connectivity index (χ2n) is 6.47. The summed E-state index contributed by atoms with van der Waals surface area (Å²) in [6.45, 7) is 14.8. The Morgan fingerprint density at radius 3 is 2.17 bits per heavy atom. The molecule has 18 heavy (non-hydrogen) atoms. The lowest BCUT2D eigenvalue weighted by molar-refractivity contribution is 0.192. The summed E-state index contributed by atoms with van der Waals surface area (Å²) in [4.78, 5) is 2.67. The van der Waals surface area contributed by atoms with Gasteiger partial charge in [0, 0.05) is 6.04 Å². The third-order valence-corrected chi connectivity index (χ3v) is 4.11. The fraction of sp³-hybridized carbons (Fsp3) is 1.00. The standard InChI is InChI=1S/C16H36N2/c1-6-8-12-18(15(3)7-2)13-10-9-11-16(4,5)14-17/h15H,6-14,17H2,1-5H3. The largest absolute Gasteiger partial charge is 0.330 e. The molecule has 0 saturated heterocycles. The molecule has 0 aromatic rings. The van der Waals surface area contributed by atoms with E-state index in [1.165, 1.54) is 51.6 Å². The molecule has 0 fully saturated rings. The molecule has 0 spiro atoms. The van der Waals surface area contributed by atoms with E-state index in [1.807, 2.05) is 0 Å². The molecule has 0 aliphatic rings. The van der Waals surface area contributed by atoms with Gasteiger partial charge in [-0.2, -0.15) is 0 Å². The monoisotopic (exact) mass is 256 g/mol. The minimum Gasteiger partial charge on any atom is -0.330 e. The van der Waals surface area contributed by atoms with Gasteiger partial charge in [0.1, 0.15) is 0 Å². The number of nitrogens with zero attached hydrogens (tertiary/aromatic N) is 1. The molecule has 0 amide bonds. The van der Waals surface area contributed by atoms with Crippen LogP contribution in [0.15, 0.2) is 0 Å². The summed E-state index contributed by atoms with van der Waals surface area (Å²) in [5.41, 5.74) is 6.10. The van der Waals surface area contributed by atoms with Crippen LogP contribution in [0.2, 0.25) is 0 Å². The zero-order valence-corrected chi connectivity index (χ0v) is 13.5. The first-order valence-corrected chi connectivity index (χ1v) is 7.91. The van der Waals surface area contributed by atoms with E-state index >= 15 is 0 Å². The van der Waals surface area contributed by atoms with Crippen LogP contribution < -0.4 is 5.73 Å². The SMILES string of the molecule is CCCCN(CCCCC(C)(C)CN)C(C)CC. The Morgan fingerprint density at radius 1 is 1.06 bits per heavy atom. The highest BCUT2D eigenvalue weighted by Crippen LogP contribution is 2.21. The van der Waals surface area contributed by atoms with Gasteiger partial charge < -0.3 is 10.6 Å². The number of nitrogens with two attached hydrogens (primary N) is 1. The van der Waals surface area contributed by atoms with E-state index in [-0.39, 0.29) is 0 Å². The molecule has 0 aromatic carbocycles. The number of hydrogen-bond acceptors (Lipinski definition) is 2. The summed E-state index contributed by atoms with van der Waals surface area (Å²) in [7, 11) is 0. The molecule has 0 heterocycles. The van der Waals surface area contributed by atoms with E-state index in [0.29, 0.717) is 5.41 Å². The Kier molecular flexibility index (Phi) is 9.76. The van der Waals surface area contributed by atoms with Crippen molar-refractivity contribution < 1.29 is 0 Å². The van der Waals surface area contributed by atoms with Gasteiger partial charge in [0.2, 0.25) is 0 Å². The van der Waals surface area contributed by atoms with Crippen molar-refractivity contribution in [3.63, 3.8) is 0 Å². The van der Waals surface area contributed by atoms with Crippen LogP contribution in [0, 0.1) is 5.41 Å². The molecule has 0 rings (SSSR count). The van der Waals surface area contributed by atoms with E-state index in [2.05, 4.69) is 39.5 Å². The predicted octanol–water partition coefficient (Wildman–Crippen LogP) is 4.04. The molecular weight excluding hydrogens is 220 g/mol.